The van der Waals surface area contributed by atoms with Gasteiger partial charge in [-0.15, -0.1) is 5.92 Å². The molecule has 0 aromatic heterocycles. The fourth-order valence-electron chi connectivity index (χ4n) is 1.23. The Morgan fingerprint density at radius 1 is 0.737 bits per heavy atom. The van der Waals surface area contributed by atoms with E-state index < -0.39 is 17.9 Å². The van der Waals surface area contributed by atoms with Crippen molar-refractivity contribution in [2.24, 2.45) is 0 Å². The topological polar surface area (TPSA) is 64.6 Å². The first-order chi connectivity index (χ1) is 9.07. The minimum Gasteiger partial charge on any atom is -0.367 e. The maximum Gasteiger partial charge on any atom is 0.678 e. The Balaban J connectivity index is 4.31. The maximum atomic E-state index is 5.46. The highest BCUT2D eigenvalue weighted by Crippen LogP contribution is 2.08. The summed E-state index contributed by atoms with van der Waals surface area (Å²) in [5, 5.41) is 0. The summed E-state index contributed by atoms with van der Waals surface area (Å²) < 4.78 is 36.3. The van der Waals surface area contributed by atoms with Crippen LogP contribution >= 0.6 is 0 Å². The zero-order valence-corrected chi connectivity index (χ0v) is 14.3. The molecular formula is C10H22O7Si2. The summed E-state index contributed by atoms with van der Waals surface area (Å²) in [6, 6.07) is 0. The van der Waals surface area contributed by atoms with E-state index in [1.165, 1.54) is 42.7 Å². The Kier molecular flexibility index (Phi) is 9.45. The van der Waals surface area contributed by atoms with Crippen molar-refractivity contribution in [2.75, 3.05) is 49.3 Å². The molecule has 0 bridgehead atoms. The van der Waals surface area contributed by atoms with Gasteiger partial charge in [-0.05, 0) is 5.54 Å². The summed E-state index contributed by atoms with van der Waals surface area (Å²) in [4.78, 5) is 0. The van der Waals surface area contributed by atoms with Crippen LogP contribution in [0.5, 0.6) is 0 Å². The van der Waals surface area contributed by atoms with Gasteiger partial charge >= 0.3 is 17.9 Å². The fourth-order valence-corrected chi connectivity index (χ4v) is 3.58. The van der Waals surface area contributed by atoms with Crippen LogP contribution in [0.4, 0.5) is 0 Å². The molecule has 0 atom stereocenters. The quantitative estimate of drug-likeness (QED) is 0.342. The summed E-state index contributed by atoms with van der Waals surface area (Å²) in [6.07, 6.45) is 0.454. The van der Waals surface area contributed by atoms with Gasteiger partial charge < -0.3 is 31.0 Å². The van der Waals surface area contributed by atoms with Crippen molar-refractivity contribution < 1.29 is 31.0 Å². The minimum absolute atomic E-state index is 0.316. The van der Waals surface area contributed by atoms with Crippen LogP contribution in [-0.2, 0) is 31.0 Å². The molecule has 7 nitrogen and oxygen atoms in total. The molecule has 0 fully saturated rings. The van der Waals surface area contributed by atoms with Gasteiger partial charge in [-0.1, -0.05) is 0 Å². The molecular weight excluding hydrogens is 288 g/mol. The van der Waals surface area contributed by atoms with Gasteiger partial charge in [-0.25, -0.2) is 0 Å². The van der Waals surface area contributed by atoms with E-state index in [0.29, 0.717) is 13.0 Å². The second kappa shape index (κ2) is 9.59. The van der Waals surface area contributed by atoms with Crippen LogP contribution in [0.1, 0.15) is 6.42 Å². The van der Waals surface area contributed by atoms with E-state index in [-0.39, 0.29) is 0 Å². The molecule has 0 aromatic carbocycles. The largest absolute Gasteiger partial charge is 0.678 e. The third kappa shape index (κ3) is 5.69. The van der Waals surface area contributed by atoms with E-state index in [1.54, 1.807) is 0 Å². The average molecular weight is 310 g/mol. The highest BCUT2D eigenvalue weighted by atomic mass is 28.4. The molecule has 0 spiro atoms. The zero-order valence-electron chi connectivity index (χ0n) is 12.3. The molecule has 0 aliphatic rings. The molecule has 0 amide bonds. The van der Waals surface area contributed by atoms with Crippen molar-refractivity contribution in [1.82, 2.24) is 0 Å². The average Bonchev–Trinajstić information content (AvgIpc) is 2.48. The summed E-state index contributed by atoms with van der Waals surface area (Å²) in [5.74, 6) is 2.89. The Bertz CT molecular complexity index is 277. The van der Waals surface area contributed by atoms with E-state index in [1.807, 2.05) is 0 Å². The van der Waals surface area contributed by atoms with Crippen molar-refractivity contribution in [3.63, 3.8) is 0 Å². The lowest BCUT2D eigenvalue weighted by Crippen LogP contribution is -2.46. The van der Waals surface area contributed by atoms with Gasteiger partial charge in [0, 0.05) is 49.1 Å². The molecule has 9 heteroatoms. The lowest BCUT2D eigenvalue weighted by Gasteiger charge is -2.22. The SMILES string of the molecule is CO[Si](C#CCCO[Si](OC)(OC)OC)(OC)OC. The van der Waals surface area contributed by atoms with Gasteiger partial charge in [0.25, 0.3) is 0 Å². The highest BCUT2D eigenvalue weighted by molar-refractivity contribution is 6.69. The smallest absolute Gasteiger partial charge is 0.367 e. The molecule has 0 unspecified atom stereocenters. The zero-order chi connectivity index (χ0) is 14.8. The fraction of sp³-hybridized carbons (Fsp3) is 0.800. The lowest BCUT2D eigenvalue weighted by atomic mass is 10.5. The van der Waals surface area contributed by atoms with Crippen molar-refractivity contribution in [3.05, 3.63) is 0 Å². The van der Waals surface area contributed by atoms with Gasteiger partial charge in [0.15, 0.2) is 0 Å². The second-order valence-electron chi connectivity index (χ2n) is 3.18. The molecule has 19 heavy (non-hydrogen) atoms. The standard InChI is InChI=1S/C10H22O7Si2/c1-11-18(12-2,13-3)10-8-7-9-17-19(14-4,15-5)16-6/h7,9H2,1-6H3. The molecule has 0 heterocycles. The molecule has 0 saturated carbocycles. The van der Waals surface area contributed by atoms with Gasteiger partial charge in [-0.2, -0.15) is 0 Å². The van der Waals surface area contributed by atoms with Crippen LogP contribution in [0.15, 0.2) is 0 Å². The van der Waals surface area contributed by atoms with Crippen LogP contribution in [0.25, 0.3) is 0 Å². The second-order valence-corrected chi connectivity index (χ2v) is 8.28. The molecule has 0 saturated heterocycles. The van der Waals surface area contributed by atoms with Gasteiger partial charge in [-0.3, -0.25) is 0 Å². The predicted octanol–water partition coefficient (Wildman–Crippen LogP) is 0.189. The van der Waals surface area contributed by atoms with Crippen molar-refractivity contribution in [1.29, 1.82) is 0 Å². The van der Waals surface area contributed by atoms with E-state index in [9.17, 15) is 0 Å². The normalized spacial score (nSPS) is 12.1. The third-order valence-electron chi connectivity index (χ3n) is 2.30. The van der Waals surface area contributed by atoms with Crippen LogP contribution < -0.4 is 0 Å². The first-order valence-corrected chi connectivity index (χ1v) is 8.88. The number of hydrogen-bond donors (Lipinski definition) is 0. The Hall–Kier alpha value is -0.286. The Morgan fingerprint density at radius 2 is 1.21 bits per heavy atom. The van der Waals surface area contributed by atoms with Gasteiger partial charge in [0.2, 0.25) is 0 Å². The highest BCUT2D eigenvalue weighted by Gasteiger charge is 2.42. The summed E-state index contributed by atoms with van der Waals surface area (Å²) in [7, 11) is 3.11. The molecule has 0 rings (SSSR count). The maximum absolute atomic E-state index is 5.46. The molecule has 0 aliphatic carbocycles. The van der Waals surface area contributed by atoms with Crippen molar-refractivity contribution in [3.8, 4) is 11.5 Å². The Morgan fingerprint density at radius 3 is 1.58 bits per heavy atom. The van der Waals surface area contributed by atoms with E-state index in [2.05, 4.69) is 11.5 Å². The van der Waals surface area contributed by atoms with Crippen LogP contribution in [-0.4, -0.2) is 67.1 Å². The summed E-state index contributed by atoms with van der Waals surface area (Å²) in [6.45, 7) is 0.316. The lowest BCUT2D eigenvalue weighted by molar-refractivity contribution is 0.00739. The van der Waals surface area contributed by atoms with E-state index in [4.69, 9.17) is 31.0 Å². The summed E-state index contributed by atoms with van der Waals surface area (Å²) >= 11 is 0. The van der Waals surface area contributed by atoms with E-state index >= 15 is 0 Å². The number of rotatable bonds is 9. The number of hydrogen-bond acceptors (Lipinski definition) is 7. The first kappa shape index (κ1) is 18.7. The van der Waals surface area contributed by atoms with Crippen LogP contribution in [0.2, 0.25) is 0 Å². The monoisotopic (exact) mass is 310 g/mol. The van der Waals surface area contributed by atoms with Crippen LogP contribution in [0.3, 0.4) is 0 Å². The Labute approximate surface area is 116 Å². The first-order valence-electron chi connectivity index (χ1n) is 5.52. The third-order valence-corrected chi connectivity index (χ3v) is 6.46. The molecule has 0 aromatic rings. The van der Waals surface area contributed by atoms with Gasteiger partial charge in [0.05, 0.1) is 6.61 Å². The minimum atomic E-state index is -2.99. The molecule has 112 valence electrons. The molecule has 0 aliphatic heterocycles. The van der Waals surface area contributed by atoms with Gasteiger partial charge in [0.1, 0.15) is 0 Å². The summed E-state index contributed by atoms with van der Waals surface area (Å²) in [5.41, 5.74) is 2.86. The molecule has 0 N–H and O–H groups in total. The van der Waals surface area contributed by atoms with Crippen LogP contribution in [0, 0.1) is 11.5 Å². The molecule has 0 radical (unpaired) electrons. The predicted molar refractivity (Wildman–Crippen MR) is 71.9 cm³/mol. The van der Waals surface area contributed by atoms with Crippen molar-refractivity contribution >= 4 is 17.9 Å². The van der Waals surface area contributed by atoms with Crippen molar-refractivity contribution in [2.45, 2.75) is 6.42 Å². The van der Waals surface area contributed by atoms with E-state index in [0.717, 1.165) is 0 Å².